The van der Waals surface area contributed by atoms with Gasteiger partial charge in [-0.15, -0.1) is 0 Å². The molecule has 0 spiro atoms. The number of benzene rings is 1. The van der Waals surface area contributed by atoms with Crippen LogP contribution >= 0.6 is 12.2 Å². The Balaban J connectivity index is 2.78. The van der Waals surface area contributed by atoms with Gasteiger partial charge in [-0.25, -0.2) is 0 Å². The minimum absolute atomic E-state index is 0.111. The second-order valence-corrected chi connectivity index (χ2v) is 6.61. The maximum Gasteiger partial charge on any atom is 0.234 e. The van der Waals surface area contributed by atoms with Gasteiger partial charge in [-0.1, -0.05) is 70.2 Å². The summed E-state index contributed by atoms with van der Waals surface area (Å²) in [4.78, 5) is 12.7. The highest BCUT2D eigenvalue weighted by Gasteiger charge is 2.25. The van der Waals surface area contributed by atoms with Gasteiger partial charge in [0.05, 0.1) is 4.99 Å². The van der Waals surface area contributed by atoms with Crippen molar-refractivity contribution >= 4 is 23.1 Å². The smallest absolute Gasteiger partial charge is 0.234 e. The zero-order chi connectivity index (χ0) is 16.0. The second kappa shape index (κ2) is 8.13. The molecule has 0 saturated carbocycles. The Morgan fingerprint density at radius 2 is 1.67 bits per heavy atom. The fourth-order valence-electron chi connectivity index (χ4n) is 2.65. The summed E-state index contributed by atoms with van der Waals surface area (Å²) in [6.07, 6.45) is 0. The molecule has 0 aromatic heterocycles. The molecule has 0 aliphatic heterocycles. The summed E-state index contributed by atoms with van der Waals surface area (Å²) in [5, 5.41) is 3.02. The lowest BCUT2D eigenvalue weighted by Crippen LogP contribution is -2.40. The third kappa shape index (κ3) is 5.12. The van der Waals surface area contributed by atoms with Crippen molar-refractivity contribution in [1.82, 2.24) is 5.32 Å². The van der Waals surface area contributed by atoms with Crippen LogP contribution in [0.15, 0.2) is 30.3 Å². The molecule has 1 atom stereocenters. The van der Waals surface area contributed by atoms with Crippen LogP contribution in [-0.4, -0.2) is 17.4 Å². The van der Waals surface area contributed by atoms with Gasteiger partial charge in [0, 0.05) is 6.54 Å². The van der Waals surface area contributed by atoms with E-state index in [0.29, 0.717) is 24.3 Å². The number of rotatable bonds is 7. The Labute approximate surface area is 133 Å². The monoisotopic (exact) mass is 306 g/mol. The summed E-state index contributed by atoms with van der Waals surface area (Å²) in [6.45, 7) is 9.37. The molecular formula is C17H26N2OS. The number of carbonyl (C=O) groups excluding carboxylic acids is 1. The summed E-state index contributed by atoms with van der Waals surface area (Å²) in [6, 6.07) is 9.45. The Morgan fingerprint density at radius 1 is 1.14 bits per heavy atom. The molecule has 21 heavy (non-hydrogen) atoms. The molecule has 3 N–H and O–H groups in total. The topological polar surface area (TPSA) is 55.1 Å². The van der Waals surface area contributed by atoms with Gasteiger partial charge in [-0.3, -0.25) is 4.79 Å². The molecule has 1 rings (SSSR count). The van der Waals surface area contributed by atoms with Crippen LogP contribution in [0.1, 0.15) is 39.2 Å². The van der Waals surface area contributed by atoms with Gasteiger partial charge >= 0.3 is 0 Å². The third-order valence-corrected chi connectivity index (χ3v) is 4.14. The lowest BCUT2D eigenvalue weighted by atomic mass is 9.85. The average Bonchev–Trinajstić information content (AvgIpc) is 2.39. The predicted octanol–water partition coefficient (Wildman–Crippen LogP) is 3.10. The standard InChI is InChI=1S/C17H26N2OS/c1-11(2)14(12(3)4)10-19-17(20)15(16(18)21)13-8-6-5-7-9-13/h5-9,11-12,14-15H,10H2,1-4H3,(H2,18,21)(H,19,20). The first-order valence-corrected chi connectivity index (χ1v) is 7.87. The third-order valence-electron chi connectivity index (χ3n) is 3.90. The number of hydrogen-bond donors (Lipinski definition) is 2. The summed E-state index contributed by atoms with van der Waals surface area (Å²) in [5.41, 5.74) is 6.61. The Bertz CT molecular complexity index is 463. The number of thiocarbonyl (C=S) groups is 1. The first-order chi connectivity index (χ1) is 9.84. The van der Waals surface area contributed by atoms with E-state index in [-0.39, 0.29) is 10.9 Å². The minimum atomic E-state index is -0.554. The molecule has 0 aliphatic rings. The SMILES string of the molecule is CC(C)C(CNC(=O)C(C(N)=S)c1ccccc1)C(C)C. The first kappa shape index (κ1) is 17.6. The number of nitrogens with one attached hydrogen (secondary N) is 1. The molecule has 1 aromatic carbocycles. The van der Waals surface area contributed by atoms with E-state index in [1.165, 1.54) is 0 Å². The van der Waals surface area contributed by atoms with E-state index in [1.54, 1.807) is 0 Å². The number of nitrogens with two attached hydrogens (primary N) is 1. The maximum atomic E-state index is 12.5. The number of hydrogen-bond acceptors (Lipinski definition) is 2. The van der Waals surface area contributed by atoms with Crippen LogP contribution in [-0.2, 0) is 4.79 Å². The largest absolute Gasteiger partial charge is 0.392 e. The Morgan fingerprint density at radius 3 is 2.10 bits per heavy atom. The van der Waals surface area contributed by atoms with Crippen molar-refractivity contribution < 1.29 is 4.79 Å². The molecule has 3 nitrogen and oxygen atoms in total. The first-order valence-electron chi connectivity index (χ1n) is 7.46. The van der Waals surface area contributed by atoms with Crippen molar-refractivity contribution in [2.75, 3.05) is 6.54 Å². The van der Waals surface area contributed by atoms with Gasteiger partial charge in [0.15, 0.2) is 0 Å². The van der Waals surface area contributed by atoms with E-state index >= 15 is 0 Å². The van der Waals surface area contributed by atoms with Crippen molar-refractivity contribution in [3.8, 4) is 0 Å². The van der Waals surface area contributed by atoms with E-state index in [4.69, 9.17) is 18.0 Å². The van der Waals surface area contributed by atoms with E-state index in [1.807, 2.05) is 30.3 Å². The van der Waals surface area contributed by atoms with E-state index in [2.05, 4.69) is 33.0 Å². The van der Waals surface area contributed by atoms with Crippen molar-refractivity contribution in [2.45, 2.75) is 33.6 Å². The van der Waals surface area contributed by atoms with Gasteiger partial charge in [0.2, 0.25) is 5.91 Å². The van der Waals surface area contributed by atoms with Crippen molar-refractivity contribution in [3.05, 3.63) is 35.9 Å². The molecule has 0 aliphatic carbocycles. The molecule has 0 fully saturated rings. The second-order valence-electron chi connectivity index (χ2n) is 6.14. The van der Waals surface area contributed by atoms with E-state index < -0.39 is 5.92 Å². The lowest BCUT2D eigenvalue weighted by molar-refractivity contribution is -0.121. The van der Waals surface area contributed by atoms with E-state index in [0.717, 1.165) is 5.56 Å². The van der Waals surface area contributed by atoms with Crippen LogP contribution in [0, 0.1) is 17.8 Å². The molecule has 4 heteroatoms. The minimum Gasteiger partial charge on any atom is -0.392 e. The molecule has 1 unspecified atom stereocenters. The highest BCUT2D eigenvalue weighted by molar-refractivity contribution is 7.80. The van der Waals surface area contributed by atoms with Gasteiger partial charge in [-0.05, 0) is 23.3 Å². The van der Waals surface area contributed by atoms with Crippen molar-refractivity contribution in [2.24, 2.45) is 23.5 Å². The number of carbonyl (C=O) groups is 1. The zero-order valence-corrected chi connectivity index (χ0v) is 14.1. The van der Waals surface area contributed by atoms with Gasteiger partial charge < -0.3 is 11.1 Å². The van der Waals surface area contributed by atoms with Crippen LogP contribution in [0.25, 0.3) is 0 Å². The van der Waals surface area contributed by atoms with Crippen LogP contribution in [0.5, 0.6) is 0 Å². The average molecular weight is 306 g/mol. The van der Waals surface area contributed by atoms with Crippen LogP contribution in [0.3, 0.4) is 0 Å². The van der Waals surface area contributed by atoms with Gasteiger partial charge in [-0.2, -0.15) is 0 Å². The maximum absolute atomic E-state index is 12.5. The molecule has 0 saturated heterocycles. The molecule has 0 heterocycles. The lowest BCUT2D eigenvalue weighted by Gasteiger charge is -2.26. The van der Waals surface area contributed by atoms with Crippen LogP contribution in [0.2, 0.25) is 0 Å². The highest BCUT2D eigenvalue weighted by Crippen LogP contribution is 2.21. The van der Waals surface area contributed by atoms with Crippen LogP contribution < -0.4 is 11.1 Å². The Kier molecular flexibility index (Phi) is 6.82. The molecule has 0 bridgehead atoms. The zero-order valence-electron chi connectivity index (χ0n) is 13.3. The van der Waals surface area contributed by atoms with Crippen molar-refractivity contribution in [3.63, 3.8) is 0 Å². The quantitative estimate of drug-likeness (QED) is 0.761. The molecular weight excluding hydrogens is 280 g/mol. The summed E-state index contributed by atoms with van der Waals surface area (Å²) < 4.78 is 0. The fraction of sp³-hybridized carbons (Fsp3) is 0.529. The van der Waals surface area contributed by atoms with E-state index in [9.17, 15) is 4.79 Å². The molecule has 116 valence electrons. The summed E-state index contributed by atoms with van der Waals surface area (Å²) in [7, 11) is 0. The predicted molar refractivity (Wildman–Crippen MR) is 92.1 cm³/mol. The fourth-order valence-corrected chi connectivity index (χ4v) is 2.90. The highest BCUT2D eigenvalue weighted by atomic mass is 32.1. The molecule has 0 radical (unpaired) electrons. The van der Waals surface area contributed by atoms with Gasteiger partial charge in [0.1, 0.15) is 5.92 Å². The summed E-state index contributed by atoms with van der Waals surface area (Å²) in [5.74, 6) is 0.813. The summed E-state index contributed by atoms with van der Waals surface area (Å²) >= 11 is 5.08. The molecule has 1 amide bonds. The van der Waals surface area contributed by atoms with Crippen molar-refractivity contribution in [1.29, 1.82) is 0 Å². The van der Waals surface area contributed by atoms with Crippen LogP contribution in [0.4, 0.5) is 0 Å². The Hall–Kier alpha value is -1.42. The molecule has 1 aromatic rings. The normalized spacial score (nSPS) is 12.7. The van der Waals surface area contributed by atoms with Gasteiger partial charge in [0.25, 0.3) is 0 Å². The number of amides is 1.